The number of ether oxygens (including phenoxy) is 1. The number of carbonyl (C=O) groups excluding carboxylic acids is 3. The summed E-state index contributed by atoms with van der Waals surface area (Å²) in [4.78, 5) is 48.2. The molecule has 1 aromatic carbocycles. The number of thiocarbonyl (C=S) groups is 1. The van der Waals surface area contributed by atoms with Gasteiger partial charge in [-0.25, -0.2) is 9.78 Å². The molecular formula is C27H25F3N6O4S. The summed E-state index contributed by atoms with van der Waals surface area (Å²) in [6, 6.07) is 8.69. The van der Waals surface area contributed by atoms with E-state index in [0.29, 0.717) is 50.3 Å². The highest BCUT2D eigenvalue weighted by molar-refractivity contribution is 7.81. The molecule has 2 aromatic rings. The Balaban J connectivity index is 1.37. The van der Waals surface area contributed by atoms with Crippen molar-refractivity contribution < 1.29 is 32.3 Å². The Morgan fingerprint density at radius 3 is 2.27 bits per heavy atom. The first-order valence-corrected chi connectivity index (χ1v) is 13.4. The molecule has 3 amide bonds. The van der Waals surface area contributed by atoms with E-state index in [2.05, 4.69) is 4.98 Å². The van der Waals surface area contributed by atoms with Gasteiger partial charge < -0.3 is 19.4 Å². The van der Waals surface area contributed by atoms with Crippen LogP contribution in [0.5, 0.6) is 0 Å². The van der Waals surface area contributed by atoms with E-state index in [4.69, 9.17) is 22.2 Å². The van der Waals surface area contributed by atoms with Crippen molar-refractivity contribution in [3.8, 4) is 6.07 Å². The van der Waals surface area contributed by atoms with E-state index < -0.39 is 35.0 Å². The summed E-state index contributed by atoms with van der Waals surface area (Å²) in [7, 11) is 0. The van der Waals surface area contributed by atoms with Crippen molar-refractivity contribution in [1.29, 1.82) is 5.26 Å². The van der Waals surface area contributed by atoms with E-state index in [1.165, 1.54) is 6.07 Å². The van der Waals surface area contributed by atoms with Gasteiger partial charge in [0.2, 0.25) is 0 Å². The largest absolute Gasteiger partial charge is 0.450 e. The van der Waals surface area contributed by atoms with Crippen molar-refractivity contribution in [3.63, 3.8) is 0 Å². The van der Waals surface area contributed by atoms with E-state index >= 15 is 0 Å². The SMILES string of the molecule is CCOC(=O)N1CCN(C(=O)c2ccc(N3C(=S)N(c4cnc(C#N)c(C(F)(F)F)c4)C(=O)C34CCC4)cc2)CC1. The average Bonchev–Trinajstić information content (AvgIpc) is 3.18. The molecule has 14 heteroatoms. The lowest BCUT2D eigenvalue weighted by Crippen LogP contribution is -2.55. The van der Waals surface area contributed by atoms with Gasteiger partial charge in [0.1, 0.15) is 11.6 Å². The van der Waals surface area contributed by atoms with Crippen molar-refractivity contribution >= 4 is 46.6 Å². The zero-order chi connectivity index (χ0) is 29.5. The number of nitriles is 1. The first kappa shape index (κ1) is 28.3. The molecular weight excluding hydrogens is 561 g/mol. The van der Waals surface area contributed by atoms with Gasteiger partial charge in [-0.15, -0.1) is 0 Å². The molecule has 1 saturated carbocycles. The molecule has 2 saturated heterocycles. The van der Waals surface area contributed by atoms with Gasteiger partial charge in [-0.1, -0.05) is 0 Å². The maximum Gasteiger partial charge on any atom is 0.419 e. The summed E-state index contributed by atoms with van der Waals surface area (Å²) in [5.74, 6) is -0.684. The van der Waals surface area contributed by atoms with Gasteiger partial charge in [-0.05, 0) is 68.7 Å². The van der Waals surface area contributed by atoms with Gasteiger partial charge in [0, 0.05) is 37.4 Å². The Hall–Kier alpha value is -4.25. The number of halogens is 3. The van der Waals surface area contributed by atoms with Crippen LogP contribution < -0.4 is 9.80 Å². The van der Waals surface area contributed by atoms with Crippen molar-refractivity contribution in [2.75, 3.05) is 42.6 Å². The van der Waals surface area contributed by atoms with Crippen LogP contribution in [0.2, 0.25) is 0 Å². The molecule has 0 N–H and O–H groups in total. The molecule has 214 valence electrons. The highest BCUT2D eigenvalue weighted by atomic mass is 32.1. The second-order valence-corrected chi connectivity index (χ2v) is 10.2. The maximum absolute atomic E-state index is 13.6. The van der Waals surface area contributed by atoms with Gasteiger partial charge >= 0.3 is 12.3 Å². The third kappa shape index (κ3) is 4.84. The Bertz CT molecular complexity index is 1450. The first-order valence-electron chi connectivity index (χ1n) is 13.0. The fourth-order valence-electron chi connectivity index (χ4n) is 5.33. The fourth-order valence-corrected chi connectivity index (χ4v) is 5.80. The standard InChI is InChI=1S/C27H25F3N6O4S/c1-2-40-25(39)34-12-10-33(11-13-34)22(37)17-4-6-18(7-5-17)36-24(41)35(23(38)26(36)8-3-9-26)19-14-20(27(28,29)30)21(15-31)32-16-19/h4-7,14,16H,2-3,8-13H2,1H3. The van der Waals surface area contributed by atoms with Gasteiger partial charge in [-0.2, -0.15) is 18.4 Å². The number of carbonyl (C=O) groups is 3. The van der Waals surface area contributed by atoms with Crippen molar-refractivity contribution in [2.45, 2.75) is 37.9 Å². The number of rotatable bonds is 4. The van der Waals surface area contributed by atoms with Gasteiger partial charge in [0.15, 0.2) is 10.8 Å². The molecule has 3 fully saturated rings. The minimum absolute atomic E-state index is 0.0107. The lowest BCUT2D eigenvalue weighted by Gasteiger charge is -2.43. The van der Waals surface area contributed by atoms with E-state index in [9.17, 15) is 27.6 Å². The Morgan fingerprint density at radius 1 is 1.10 bits per heavy atom. The number of piperazine rings is 1. The molecule has 1 aromatic heterocycles. The molecule has 5 rings (SSSR count). The third-order valence-corrected chi connectivity index (χ3v) is 7.97. The van der Waals surface area contributed by atoms with Crippen molar-refractivity contribution in [3.05, 3.63) is 53.3 Å². The minimum atomic E-state index is -4.85. The quantitative estimate of drug-likeness (QED) is 0.496. The number of nitrogens with zero attached hydrogens (tertiary/aromatic N) is 6. The molecule has 0 unspecified atom stereocenters. The number of anilines is 2. The lowest BCUT2D eigenvalue weighted by atomic mass is 9.75. The number of alkyl halides is 3. The number of benzene rings is 1. The topological polar surface area (TPSA) is 110 Å². The van der Waals surface area contributed by atoms with Crippen LogP contribution in [0.4, 0.5) is 29.3 Å². The molecule has 0 atom stereocenters. The van der Waals surface area contributed by atoms with Crippen molar-refractivity contribution in [2.24, 2.45) is 0 Å². The van der Waals surface area contributed by atoms with Crippen LogP contribution in [0, 0.1) is 11.3 Å². The third-order valence-electron chi connectivity index (χ3n) is 7.60. The van der Waals surface area contributed by atoms with Crippen LogP contribution in [0.3, 0.4) is 0 Å². The van der Waals surface area contributed by atoms with Crippen LogP contribution >= 0.6 is 12.2 Å². The Kier molecular flexibility index (Phi) is 7.33. The highest BCUT2D eigenvalue weighted by Crippen LogP contribution is 2.48. The predicted molar refractivity (Wildman–Crippen MR) is 144 cm³/mol. The van der Waals surface area contributed by atoms with Gasteiger partial charge in [-0.3, -0.25) is 14.5 Å². The van der Waals surface area contributed by atoms with Gasteiger partial charge in [0.25, 0.3) is 11.8 Å². The molecule has 10 nitrogen and oxygen atoms in total. The molecule has 1 aliphatic carbocycles. The molecule has 1 spiro atoms. The summed E-state index contributed by atoms with van der Waals surface area (Å²) >= 11 is 5.63. The normalized spacial score (nSPS) is 18.4. The van der Waals surface area contributed by atoms with Crippen molar-refractivity contribution in [1.82, 2.24) is 14.8 Å². The maximum atomic E-state index is 13.6. The molecule has 0 radical (unpaired) electrons. The Morgan fingerprint density at radius 2 is 1.73 bits per heavy atom. The minimum Gasteiger partial charge on any atom is -0.450 e. The summed E-state index contributed by atoms with van der Waals surface area (Å²) in [6.45, 7) is 3.40. The first-order chi connectivity index (χ1) is 19.5. The summed E-state index contributed by atoms with van der Waals surface area (Å²) in [5, 5.41) is 9.08. The zero-order valence-corrected chi connectivity index (χ0v) is 22.8. The van der Waals surface area contributed by atoms with E-state index in [0.717, 1.165) is 23.6 Å². The van der Waals surface area contributed by atoms with Gasteiger partial charge in [0.05, 0.1) is 24.1 Å². The monoisotopic (exact) mass is 586 g/mol. The Labute approximate surface area is 238 Å². The number of amides is 3. The smallest absolute Gasteiger partial charge is 0.419 e. The molecule has 2 aliphatic heterocycles. The second kappa shape index (κ2) is 10.6. The molecule has 41 heavy (non-hydrogen) atoms. The van der Waals surface area contributed by atoms with E-state index in [1.807, 2.05) is 0 Å². The number of pyridine rings is 1. The summed E-state index contributed by atoms with van der Waals surface area (Å²) in [6.07, 6.45) is -2.59. The summed E-state index contributed by atoms with van der Waals surface area (Å²) in [5.41, 5.74) is -2.35. The van der Waals surface area contributed by atoms with Crippen LogP contribution in [0.1, 0.15) is 47.8 Å². The van der Waals surface area contributed by atoms with Crippen LogP contribution in [-0.4, -0.2) is 76.1 Å². The predicted octanol–water partition coefficient (Wildman–Crippen LogP) is 3.95. The van der Waals surface area contributed by atoms with Crippen LogP contribution in [0.15, 0.2) is 36.5 Å². The lowest BCUT2D eigenvalue weighted by molar-refractivity contribution is -0.138. The summed E-state index contributed by atoms with van der Waals surface area (Å²) < 4.78 is 45.8. The van der Waals surface area contributed by atoms with Crippen LogP contribution in [0.25, 0.3) is 0 Å². The van der Waals surface area contributed by atoms with Crippen LogP contribution in [-0.2, 0) is 15.7 Å². The number of hydrogen-bond acceptors (Lipinski definition) is 7. The number of hydrogen-bond donors (Lipinski definition) is 0. The molecule has 3 heterocycles. The zero-order valence-electron chi connectivity index (χ0n) is 22.0. The molecule has 0 bridgehead atoms. The highest BCUT2D eigenvalue weighted by Gasteiger charge is 2.59. The number of aromatic nitrogens is 1. The second-order valence-electron chi connectivity index (χ2n) is 9.87. The fraction of sp³-hybridized carbons (Fsp3) is 0.407. The van der Waals surface area contributed by atoms with E-state index in [1.54, 1.807) is 45.9 Å². The average molecular weight is 587 g/mol. The van der Waals surface area contributed by atoms with E-state index in [-0.39, 0.29) is 23.3 Å². The molecule has 3 aliphatic rings.